The molecule has 0 aliphatic rings. The second-order valence-electron chi connectivity index (χ2n) is 4.45. The highest BCUT2D eigenvalue weighted by atomic mass is 35.5. The molecule has 102 valence electrons. The summed E-state index contributed by atoms with van der Waals surface area (Å²) in [5.74, 6) is 0. The molecule has 0 saturated carbocycles. The average molecular weight is 298 g/mol. The van der Waals surface area contributed by atoms with Crippen molar-refractivity contribution in [3.8, 4) is 5.69 Å². The Morgan fingerprint density at radius 2 is 2.00 bits per heavy atom. The van der Waals surface area contributed by atoms with Gasteiger partial charge in [-0.1, -0.05) is 36.2 Å². The summed E-state index contributed by atoms with van der Waals surface area (Å²) in [5.41, 5.74) is 3.76. The van der Waals surface area contributed by atoms with Crippen LogP contribution in [-0.2, 0) is 6.54 Å². The van der Waals surface area contributed by atoms with Crippen molar-refractivity contribution >= 4 is 23.2 Å². The summed E-state index contributed by atoms with van der Waals surface area (Å²) in [4.78, 5) is 0. The van der Waals surface area contributed by atoms with E-state index in [0.29, 0.717) is 5.02 Å². The van der Waals surface area contributed by atoms with Gasteiger partial charge >= 0.3 is 0 Å². The lowest BCUT2D eigenvalue weighted by molar-refractivity contribution is 0.726. The number of halogens is 2. The van der Waals surface area contributed by atoms with Crippen LogP contribution < -0.4 is 5.32 Å². The van der Waals surface area contributed by atoms with Crippen LogP contribution in [0.15, 0.2) is 18.2 Å². The molecule has 1 heterocycles. The number of rotatable bonds is 4. The third-order valence-corrected chi connectivity index (χ3v) is 3.95. The molecule has 1 aromatic carbocycles. The van der Waals surface area contributed by atoms with Crippen LogP contribution in [0, 0.1) is 13.8 Å². The molecule has 0 fully saturated rings. The maximum atomic E-state index is 6.30. The number of nitrogens with zero attached hydrogens (tertiary/aromatic N) is 2. The molecule has 0 spiro atoms. The van der Waals surface area contributed by atoms with Gasteiger partial charge in [-0.3, -0.25) is 0 Å². The minimum Gasteiger partial charge on any atom is -0.313 e. The van der Waals surface area contributed by atoms with Crippen molar-refractivity contribution < 1.29 is 0 Å². The van der Waals surface area contributed by atoms with E-state index in [1.807, 2.05) is 36.7 Å². The smallest absolute Gasteiger partial charge is 0.0848 e. The molecule has 2 rings (SSSR count). The van der Waals surface area contributed by atoms with Gasteiger partial charge in [0.25, 0.3) is 0 Å². The third kappa shape index (κ3) is 2.94. The van der Waals surface area contributed by atoms with Gasteiger partial charge in [-0.15, -0.1) is 0 Å². The Morgan fingerprint density at radius 1 is 1.26 bits per heavy atom. The highest BCUT2D eigenvalue weighted by molar-refractivity contribution is 6.32. The molecule has 0 bridgehead atoms. The zero-order valence-corrected chi connectivity index (χ0v) is 12.8. The average Bonchev–Trinajstić information content (AvgIpc) is 2.65. The Labute approximate surface area is 123 Å². The lowest BCUT2D eigenvalue weighted by atomic mass is 10.2. The van der Waals surface area contributed by atoms with E-state index < -0.39 is 0 Å². The molecule has 1 N–H and O–H groups in total. The maximum Gasteiger partial charge on any atom is 0.0848 e. The van der Waals surface area contributed by atoms with E-state index in [-0.39, 0.29) is 0 Å². The summed E-state index contributed by atoms with van der Waals surface area (Å²) in [6.45, 7) is 7.61. The van der Waals surface area contributed by atoms with Gasteiger partial charge in [0.2, 0.25) is 0 Å². The normalized spacial score (nSPS) is 11.0. The third-order valence-electron chi connectivity index (χ3n) is 3.05. The van der Waals surface area contributed by atoms with E-state index in [1.165, 1.54) is 0 Å². The second-order valence-corrected chi connectivity index (χ2v) is 5.24. The fourth-order valence-corrected chi connectivity index (χ4v) is 2.31. The highest BCUT2D eigenvalue weighted by Gasteiger charge is 2.11. The molecule has 2 aromatic rings. The molecule has 0 unspecified atom stereocenters. The first-order chi connectivity index (χ1) is 9.04. The zero-order chi connectivity index (χ0) is 14.0. The predicted octanol–water partition coefficient (Wildman–Crippen LogP) is 3.91. The first kappa shape index (κ1) is 14.4. The minimum absolute atomic E-state index is 0.702. The van der Waals surface area contributed by atoms with Gasteiger partial charge in [0.1, 0.15) is 0 Å². The van der Waals surface area contributed by atoms with E-state index in [0.717, 1.165) is 40.8 Å². The Kier molecular flexibility index (Phi) is 4.50. The number of nitrogens with one attached hydrogen (secondary N) is 1. The fourth-order valence-electron chi connectivity index (χ4n) is 1.95. The summed E-state index contributed by atoms with van der Waals surface area (Å²) in [6, 6.07) is 5.95. The van der Waals surface area contributed by atoms with Crippen LogP contribution in [0.4, 0.5) is 0 Å². The SMILES string of the molecule is CCNCc1ccc(-n2nc(C)c(Cl)c2C)cc1Cl. The number of aryl methyl sites for hydroxylation is 1. The summed E-state index contributed by atoms with van der Waals surface area (Å²) in [6.07, 6.45) is 0. The fraction of sp³-hybridized carbons (Fsp3) is 0.357. The first-order valence-electron chi connectivity index (χ1n) is 6.25. The quantitative estimate of drug-likeness (QED) is 0.927. The van der Waals surface area contributed by atoms with Gasteiger partial charge in [-0.25, -0.2) is 4.68 Å². The largest absolute Gasteiger partial charge is 0.313 e. The zero-order valence-electron chi connectivity index (χ0n) is 11.3. The van der Waals surface area contributed by atoms with Crippen LogP contribution in [-0.4, -0.2) is 16.3 Å². The molecule has 0 atom stereocenters. The lowest BCUT2D eigenvalue weighted by Gasteiger charge is -2.09. The molecule has 0 aliphatic heterocycles. The van der Waals surface area contributed by atoms with Crippen molar-refractivity contribution in [2.75, 3.05) is 6.54 Å². The second kappa shape index (κ2) is 5.95. The van der Waals surface area contributed by atoms with Gasteiger partial charge in [-0.05, 0) is 38.1 Å². The van der Waals surface area contributed by atoms with E-state index in [9.17, 15) is 0 Å². The monoisotopic (exact) mass is 297 g/mol. The molecule has 1 aromatic heterocycles. The molecule has 5 heteroatoms. The summed E-state index contributed by atoms with van der Waals surface area (Å²) in [5, 5.41) is 9.12. The van der Waals surface area contributed by atoms with Crippen LogP contribution in [0.5, 0.6) is 0 Å². The summed E-state index contributed by atoms with van der Waals surface area (Å²) in [7, 11) is 0. The molecule has 0 amide bonds. The summed E-state index contributed by atoms with van der Waals surface area (Å²) >= 11 is 12.5. The van der Waals surface area contributed by atoms with Gasteiger partial charge in [0.05, 0.1) is 22.1 Å². The number of hydrogen-bond donors (Lipinski definition) is 1. The highest BCUT2D eigenvalue weighted by Crippen LogP contribution is 2.25. The van der Waals surface area contributed by atoms with Gasteiger partial charge in [0.15, 0.2) is 0 Å². The molecule has 19 heavy (non-hydrogen) atoms. The van der Waals surface area contributed by atoms with Crippen molar-refractivity contribution in [2.24, 2.45) is 0 Å². The van der Waals surface area contributed by atoms with E-state index in [4.69, 9.17) is 23.2 Å². The van der Waals surface area contributed by atoms with Crippen LogP contribution in [0.1, 0.15) is 23.9 Å². The Balaban J connectivity index is 2.36. The molecule has 0 aliphatic carbocycles. The molecular formula is C14H17Cl2N3. The van der Waals surface area contributed by atoms with E-state index >= 15 is 0 Å². The maximum absolute atomic E-state index is 6.30. The van der Waals surface area contributed by atoms with Crippen molar-refractivity contribution in [3.05, 3.63) is 45.2 Å². The first-order valence-corrected chi connectivity index (χ1v) is 7.01. The van der Waals surface area contributed by atoms with E-state index in [2.05, 4.69) is 17.3 Å². The van der Waals surface area contributed by atoms with Gasteiger partial charge in [-0.2, -0.15) is 5.10 Å². The molecule has 3 nitrogen and oxygen atoms in total. The molecule has 0 saturated heterocycles. The van der Waals surface area contributed by atoms with Crippen molar-refractivity contribution in [2.45, 2.75) is 27.3 Å². The van der Waals surface area contributed by atoms with Crippen molar-refractivity contribution in [1.29, 1.82) is 0 Å². The Bertz CT molecular complexity index is 591. The van der Waals surface area contributed by atoms with Crippen LogP contribution in [0.3, 0.4) is 0 Å². The lowest BCUT2D eigenvalue weighted by Crippen LogP contribution is -2.12. The van der Waals surface area contributed by atoms with Crippen molar-refractivity contribution in [1.82, 2.24) is 15.1 Å². The Morgan fingerprint density at radius 3 is 2.53 bits per heavy atom. The van der Waals surface area contributed by atoms with Gasteiger partial charge in [0, 0.05) is 11.6 Å². The topological polar surface area (TPSA) is 29.9 Å². The minimum atomic E-state index is 0.702. The van der Waals surface area contributed by atoms with Gasteiger partial charge < -0.3 is 5.32 Å². The number of aromatic nitrogens is 2. The van der Waals surface area contributed by atoms with E-state index in [1.54, 1.807) is 0 Å². The predicted molar refractivity (Wildman–Crippen MR) is 80.4 cm³/mol. The number of benzene rings is 1. The number of hydrogen-bond acceptors (Lipinski definition) is 2. The van der Waals surface area contributed by atoms with Crippen LogP contribution >= 0.6 is 23.2 Å². The Hall–Kier alpha value is -1.03. The molecular weight excluding hydrogens is 281 g/mol. The standard InChI is InChI=1S/C14H17Cl2N3/c1-4-17-8-11-5-6-12(7-13(11)15)19-10(3)14(16)9(2)18-19/h5-7,17H,4,8H2,1-3H3. The van der Waals surface area contributed by atoms with Crippen molar-refractivity contribution in [3.63, 3.8) is 0 Å². The summed E-state index contributed by atoms with van der Waals surface area (Å²) < 4.78 is 1.82. The molecule has 0 radical (unpaired) electrons. The van der Waals surface area contributed by atoms with Crippen LogP contribution in [0.2, 0.25) is 10.0 Å². The van der Waals surface area contributed by atoms with Crippen LogP contribution in [0.25, 0.3) is 5.69 Å².